The molecule has 0 radical (unpaired) electrons. The zero-order valence-electron chi connectivity index (χ0n) is 9.40. The molecule has 0 aliphatic heterocycles. The number of alkyl halides is 3. The molecule has 3 N–H and O–H groups in total. The third-order valence-corrected chi connectivity index (χ3v) is 2.72. The van der Waals surface area contributed by atoms with Gasteiger partial charge in [0.25, 0.3) is 0 Å². The molecule has 0 fully saturated rings. The molecule has 0 atom stereocenters. The molecule has 0 saturated heterocycles. The summed E-state index contributed by atoms with van der Waals surface area (Å²) in [5.74, 6) is -0.198. The van der Waals surface area contributed by atoms with Gasteiger partial charge < -0.3 is 10.8 Å². The molecule has 96 valence electrons. The zero-order chi connectivity index (χ0) is 13.4. The number of rotatable bonds is 2. The van der Waals surface area contributed by atoms with Gasteiger partial charge in [0.1, 0.15) is 5.75 Å². The van der Waals surface area contributed by atoms with Gasteiger partial charge >= 0.3 is 6.18 Å². The fraction of sp³-hybridized carbons (Fsp3) is 0.455. The van der Waals surface area contributed by atoms with Crippen molar-refractivity contribution in [3.63, 3.8) is 0 Å². The molecular weight excluding hydrogens is 299 g/mol. The highest BCUT2D eigenvalue weighted by molar-refractivity contribution is 9.10. The van der Waals surface area contributed by atoms with Crippen molar-refractivity contribution in [2.45, 2.75) is 32.0 Å². The SMILES string of the molecule is CC(C)(N)Cc1cc(C(F)(F)F)cc(Br)c1O. The predicted octanol–water partition coefficient (Wildman–Crippen LogP) is 3.45. The van der Waals surface area contributed by atoms with E-state index in [1.165, 1.54) is 0 Å². The normalized spacial score (nSPS) is 12.9. The monoisotopic (exact) mass is 311 g/mol. The average Bonchev–Trinajstić information content (AvgIpc) is 2.08. The van der Waals surface area contributed by atoms with Gasteiger partial charge in [0.2, 0.25) is 0 Å². The van der Waals surface area contributed by atoms with E-state index in [4.69, 9.17) is 5.73 Å². The van der Waals surface area contributed by atoms with Crippen LogP contribution >= 0.6 is 15.9 Å². The summed E-state index contributed by atoms with van der Waals surface area (Å²) in [6, 6.07) is 1.77. The van der Waals surface area contributed by atoms with Gasteiger partial charge in [-0.3, -0.25) is 0 Å². The maximum Gasteiger partial charge on any atom is 0.416 e. The van der Waals surface area contributed by atoms with E-state index in [9.17, 15) is 18.3 Å². The molecular formula is C11H13BrF3NO. The fourth-order valence-electron chi connectivity index (χ4n) is 1.45. The van der Waals surface area contributed by atoms with E-state index in [2.05, 4.69) is 15.9 Å². The molecule has 6 heteroatoms. The summed E-state index contributed by atoms with van der Waals surface area (Å²) in [7, 11) is 0. The second kappa shape index (κ2) is 4.49. The summed E-state index contributed by atoms with van der Waals surface area (Å²) in [5, 5.41) is 9.68. The average molecular weight is 312 g/mol. The second-order valence-electron chi connectivity index (χ2n) is 4.63. The number of phenolic OH excluding ortho intramolecular Hbond substituents is 1. The second-order valence-corrected chi connectivity index (χ2v) is 5.48. The molecule has 2 nitrogen and oxygen atoms in total. The zero-order valence-corrected chi connectivity index (χ0v) is 11.0. The van der Waals surface area contributed by atoms with Crippen LogP contribution in [0.2, 0.25) is 0 Å². The Bertz CT molecular complexity index is 424. The van der Waals surface area contributed by atoms with Crippen molar-refractivity contribution < 1.29 is 18.3 Å². The van der Waals surface area contributed by atoms with Crippen LogP contribution in [0.3, 0.4) is 0 Å². The van der Waals surface area contributed by atoms with Gasteiger partial charge in [-0.15, -0.1) is 0 Å². The van der Waals surface area contributed by atoms with E-state index in [1.54, 1.807) is 13.8 Å². The molecule has 0 aromatic heterocycles. The Morgan fingerprint density at radius 1 is 1.29 bits per heavy atom. The minimum Gasteiger partial charge on any atom is -0.506 e. The Kier molecular flexibility index (Phi) is 3.78. The third-order valence-electron chi connectivity index (χ3n) is 2.12. The van der Waals surface area contributed by atoms with E-state index in [0.29, 0.717) is 0 Å². The molecule has 1 rings (SSSR count). The molecule has 0 amide bonds. The molecule has 0 aliphatic rings. The van der Waals surface area contributed by atoms with Crippen molar-refractivity contribution in [3.05, 3.63) is 27.7 Å². The Labute approximate surface area is 106 Å². The van der Waals surface area contributed by atoms with Gasteiger partial charge in [0, 0.05) is 5.54 Å². The van der Waals surface area contributed by atoms with Gasteiger partial charge in [-0.05, 0) is 53.9 Å². The Morgan fingerprint density at radius 2 is 1.82 bits per heavy atom. The molecule has 0 heterocycles. The van der Waals surface area contributed by atoms with Crippen LogP contribution in [0, 0.1) is 0 Å². The van der Waals surface area contributed by atoms with Gasteiger partial charge in [0.05, 0.1) is 10.0 Å². The van der Waals surface area contributed by atoms with Gasteiger partial charge in [0.15, 0.2) is 0 Å². The van der Waals surface area contributed by atoms with Crippen molar-refractivity contribution in [1.29, 1.82) is 0 Å². The highest BCUT2D eigenvalue weighted by Crippen LogP contribution is 2.37. The van der Waals surface area contributed by atoms with E-state index in [0.717, 1.165) is 12.1 Å². The Hall–Kier alpha value is -0.750. The van der Waals surface area contributed by atoms with Crippen LogP contribution in [-0.2, 0) is 12.6 Å². The first-order valence-electron chi connectivity index (χ1n) is 4.88. The van der Waals surface area contributed by atoms with Crippen LogP contribution in [-0.4, -0.2) is 10.6 Å². The maximum atomic E-state index is 12.6. The molecule has 17 heavy (non-hydrogen) atoms. The van der Waals surface area contributed by atoms with Crippen molar-refractivity contribution >= 4 is 15.9 Å². The lowest BCUT2D eigenvalue weighted by atomic mass is 9.94. The van der Waals surface area contributed by atoms with E-state index in [1.807, 2.05) is 0 Å². The molecule has 0 unspecified atom stereocenters. The third kappa shape index (κ3) is 3.89. The number of hydrogen-bond donors (Lipinski definition) is 2. The lowest BCUT2D eigenvalue weighted by Gasteiger charge is -2.20. The first-order valence-corrected chi connectivity index (χ1v) is 5.67. The minimum atomic E-state index is -4.44. The quantitative estimate of drug-likeness (QED) is 0.878. The number of halogens is 4. The number of aromatic hydroxyl groups is 1. The van der Waals surface area contributed by atoms with Crippen LogP contribution in [0.5, 0.6) is 5.75 Å². The maximum absolute atomic E-state index is 12.6. The topological polar surface area (TPSA) is 46.2 Å². The summed E-state index contributed by atoms with van der Waals surface area (Å²) in [4.78, 5) is 0. The highest BCUT2D eigenvalue weighted by atomic mass is 79.9. The van der Waals surface area contributed by atoms with Crippen LogP contribution in [0.15, 0.2) is 16.6 Å². The van der Waals surface area contributed by atoms with Gasteiger partial charge in [-0.1, -0.05) is 0 Å². The fourth-order valence-corrected chi connectivity index (χ4v) is 1.95. The van der Waals surface area contributed by atoms with Crippen molar-refractivity contribution in [3.8, 4) is 5.75 Å². The lowest BCUT2D eigenvalue weighted by molar-refractivity contribution is -0.137. The molecule has 0 bridgehead atoms. The first-order chi connectivity index (χ1) is 7.50. The number of nitrogens with two attached hydrogens (primary N) is 1. The molecule has 0 aliphatic carbocycles. The summed E-state index contributed by atoms with van der Waals surface area (Å²) < 4.78 is 37.8. The van der Waals surface area contributed by atoms with Gasteiger partial charge in [-0.2, -0.15) is 13.2 Å². The highest BCUT2D eigenvalue weighted by Gasteiger charge is 2.32. The van der Waals surface area contributed by atoms with Crippen molar-refractivity contribution in [2.24, 2.45) is 5.73 Å². The van der Waals surface area contributed by atoms with E-state index >= 15 is 0 Å². The van der Waals surface area contributed by atoms with Crippen LogP contribution in [0.4, 0.5) is 13.2 Å². The van der Waals surface area contributed by atoms with Crippen LogP contribution in [0.1, 0.15) is 25.0 Å². The summed E-state index contributed by atoms with van der Waals surface area (Å²) in [5.41, 5.74) is 4.42. The standard InChI is InChI=1S/C11H13BrF3NO/c1-10(2,16)5-6-3-7(11(13,14)15)4-8(12)9(6)17/h3-4,17H,5,16H2,1-2H3. The largest absolute Gasteiger partial charge is 0.506 e. The lowest BCUT2D eigenvalue weighted by Crippen LogP contribution is -2.34. The molecule has 1 aromatic rings. The minimum absolute atomic E-state index is 0.0200. The van der Waals surface area contributed by atoms with Gasteiger partial charge in [-0.25, -0.2) is 0 Å². The summed E-state index contributed by atoms with van der Waals surface area (Å²) in [6.07, 6.45) is -4.29. The smallest absolute Gasteiger partial charge is 0.416 e. The van der Waals surface area contributed by atoms with Crippen molar-refractivity contribution in [2.75, 3.05) is 0 Å². The number of benzene rings is 1. The summed E-state index contributed by atoms with van der Waals surface area (Å²) in [6.45, 7) is 3.36. The predicted molar refractivity (Wildman–Crippen MR) is 62.8 cm³/mol. The summed E-state index contributed by atoms with van der Waals surface area (Å²) >= 11 is 2.91. The molecule has 0 saturated carbocycles. The number of phenols is 1. The van der Waals surface area contributed by atoms with E-state index in [-0.39, 0.29) is 22.2 Å². The Balaban J connectivity index is 3.26. The first kappa shape index (κ1) is 14.3. The Morgan fingerprint density at radius 3 is 2.24 bits per heavy atom. The van der Waals surface area contributed by atoms with Crippen LogP contribution < -0.4 is 5.73 Å². The van der Waals surface area contributed by atoms with Crippen LogP contribution in [0.25, 0.3) is 0 Å². The number of hydrogen-bond acceptors (Lipinski definition) is 2. The van der Waals surface area contributed by atoms with Crippen molar-refractivity contribution in [1.82, 2.24) is 0 Å². The van der Waals surface area contributed by atoms with E-state index < -0.39 is 17.3 Å². The molecule has 0 spiro atoms. The molecule has 1 aromatic carbocycles.